The first-order chi connectivity index (χ1) is 19.0. The predicted molar refractivity (Wildman–Crippen MR) is 156 cm³/mol. The van der Waals surface area contributed by atoms with Gasteiger partial charge in [0.25, 0.3) is 0 Å². The molecule has 0 spiro atoms. The number of carbonyl (C=O) groups excluding carboxylic acids is 1. The molecule has 2 saturated heterocycles. The van der Waals surface area contributed by atoms with Crippen LogP contribution < -0.4 is 0 Å². The first kappa shape index (κ1) is 29.0. The molecule has 7 fully saturated rings. The minimum atomic E-state index is -0.700. The van der Waals surface area contributed by atoms with E-state index in [0.29, 0.717) is 30.1 Å². The van der Waals surface area contributed by atoms with Gasteiger partial charge >= 0.3 is 5.97 Å². The number of hydrogen-bond donors (Lipinski definition) is 2. The van der Waals surface area contributed by atoms with E-state index in [1.54, 1.807) is 0 Å². The fraction of sp³-hybridized carbons (Fsp3) is 0.971. The molecular formula is C35H56O6. The number of rotatable bonds is 5. The van der Waals surface area contributed by atoms with Gasteiger partial charge in [0.15, 0.2) is 6.29 Å². The standard InChI is InChI=1S/C35H56O6/c1-19(2)15-27(37)40-26-11-12-32(7)23-10-13-34-18-35(34,33(23,8)25(36)17-24(32)30(26,3)4)14-9-21(34)20-16-22(39-29(20)38)28-31(5,6)41-28/h19-26,28-29,36,38H,9-18H2,1-8H3/t20-,21-,22+,23+,24-,25+,26-,28-,29-,32+,33-,34+,35+/m0/s1. The van der Waals surface area contributed by atoms with Crippen LogP contribution in [-0.4, -0.2) is 52.5 Å². The van der Waals surface area contributed by atoms with E-state index in [0.717, 1.165) is 38.5 Å². The van der Waals surface area contributed by atoms with Gasteiger partial charge < -0.3 is 24.4 Å². The van der Waals surface area contributed by atoms with Crippen LogP contribution in [0.15, 0.2) is 0 Å². The molecule has 6 nitrogen and oxygen atoms in total. The van der Waals surface area contributed by atoms with Crippen LogP contribution in [0.4, 0.5) is 0 Å². The fourth-order valence-corrected chi connectivity index (χ4v) is 13.1. The summed E-state index contributed by atoms with van der Waals surface area (Å²) in [6.45, 7) is 17.9. The second-order valence-corrected chi connectivity index (χ2v) is 17.8. The minimum Gasteiger partial charge on any atom is -0.462 e. The molecule has 13 atom stereocenters. The van der Waals surface area contributed by atoms with Crippen molar-refractivity contribution < 1.29 is 29.2 Å². The summed E-state index contributed by atoms with van der Waals surface area (Å²) >= 11 is 0. The number of esters is 1. The fourth-order valence-electron chi connectivity index (χ4n) is 13.1. The number of carbonyl (C=O) groups is 1. The maximum atomic E-state index is 12.7. The Kier molecular flexibility index (Phi) is 6.18. The van der Waals surface area contributed by atoms with Gasteiger partial charge in [-0.05, 0) is 112 Å². The predicted octanol–water partition coefficient (Wildman–Crippen LogP) is 6.26. The molecule has 7 rings (SSSR count). The molecule has 232 valence electrons. The monoisotopic (exact) mass is 572 g/mol. The second kappa shape index (κ2) is 8.73. The summed E-state index contributed by atoms with van der Waals surface area (Å²) in [6, 6.07) is 0. The SMILES string of the molecule is CC(C)CC(=O)O[C@H]1CC[C@]2(C)[C@H]3CC[C@]45C[C@]4(CC[C@H]5[C@@H]4C[C@H]([C@@H]5OC5(C)C)O[C@@H]4O)[C@]3(C)[C@H](O)C[C@H]2C1(C)C. The van der Waals surface area contributed by atoms with Crippen molar-refractivity contribution in [2.45, 2.75) is 156 Å². The molecule has 0 aromatic carbocycles. The summed E-state index contributed by atoms with van der Waals surface area (Å²) in [5.74, 6) is 1.64. The zero-order valence-corrected chi connectivity index (χ0v) is 26.9. The summed E-state index contributed by atoms with van der Waals surface area (Å²) in [6.07, 6.45) is 8.96. The highest BCUT2D eigenvalue weighted by Crippen LogP contribution is 2.91. The van der Waals surface area contributed by atoms with Gasteiger partial charge in [-0.1, -0.05) is 41.5 Å². The number of fused-ring (bicyclic) bond motifs is 3. The summed E-state index contributed by atoms with van der Waals surface area (Å²) in [5.41, 5.74) is 0.0861. The van der Waals surface area contributed by atoms with Crippen molar-refractivity contribution in [1.82, 2.24) is 0 Å². The zero-order chi connectivity index (χ0) is 29.5. The Labute approximate surface area is 247 Å². The van der Waals surface area contributed by atoms with Gasteiger partial charge in [0.05, 0.1) is 17.8 Å². The second-order valence-electron chi connectivity index (χ2n) is 17.8. The molecule has 0 radical (unpaired) electrons. The van der Waals surface area contributed by atoms with Gasteiger partial charge in [0, 0.05) is 23.2 Å². The average Bonchev–Trinajstić information content (AvgIpc) is 3.62. The lowest BCUT2D eigenvalue weighted by Gasteiger charge is -2.68. The summed E-state index contributed by atoms with van der Waals surface area (Å²) in [5, 5.41) is 23.4. The number of hydrogen-bond acceptors (Lipinski definition) is 6. The van der Waals surface area contributed by atoms with Crippen molar-refractivity contribution in [2.24, 2.45) is 56.7 Å². The quantitative estimate of drug-likeness (QED) is 0.299. The Bertz CT molecular complexity index is 1100. The Morgan fingerprint density at radius 3 is 2.32 bits per heavy atom. The number of epoxide rings is 1. The van der Waals surface area contributed by atoms with E-state index in [-0.39, 0.29) is 69.0 Å². The molecule has 0 aromatic heterocycles. The molecule has 41 heavy (non-hydrogen) atoms. The summed E-state index contributed by atoms with van der Waals surface area (Å²) < 4.78 is 18.2. The molecule has 7 aliphatic rings. The summed E-state index contributed by atoms with van der Waals surface area (Å²) in [4.78, 5) is 12.7. The van der Waals surface area contributed by atoms with Crippen molar-refractivity contribution in [3.8, 4) is 0 Å². The highest BCUT2D eigenvalue weighted by Gasteiger charge is 2.86. The normalized spacial score (nSPS) is 55.9. The number of ether oxygens (including phenoxy) is 3. The van der Waals surface area contributed by atoms with E-state index in [1.807, 2.05) is 0 Å². The van der Waals surface area contributed by atoms with Crippen LogP contribution in [0.3, 0.4) is 0 Å². The maximum Gasteiger partial charge on any atom is 0.306 e. The average molecular weight is 573 g/mol. The van der Waals surface area contributed by atoms with E-state index >= 15 is 0 Å². The molecule has 0 bridgehead atoms. The molecule has 2 heterocycles. The Morgan fingerprint density at radius 1 is 0.951 bits per heavy atom. The molecule has 2 N–H and O–H groups in total. The highest BCUT2D eigenvalue weighted by molar-refractivity contribution is 5.69. The lowest BCUT2D eigenvalue weighted by atomic mass is 9.37. The van der Waals surface area contributed by atoms with Gasteiger partial charge in [-0.3, -0.25) is 4.79 Å². The Hall–Kier alpha value is -0.690. The molecule has 0 aromatic rings. The van der Waals surface area contributed by atoms with Crippen LogP contribution >= 0.6 is 0 Å². The van der Waals surface area contributed by atoms with E-state index in [9.17, 15) is 15.0 Å². The first-order valence-corrected chi connectivity index (χ1v) is 16.9. The third-order valence-electron chi connectivity index (χ3n) is 15.0. The van der Waals surface area contributed by atoms with Gasteiger partial charge in [-0.15, -0.1) is 0 Å². The summed E-state index contributed by atoms with van der Waals surface area (Å²) in [7, 11) is 0. The lowest BCUT2D eigenvalue weighted by Crippen LogP contribution is -2.66. The topological polar surface area (TPSA) is 88.5 Å². The zero-order valence-electron chi connectivity index (χ0n) is 26.9. The molecular weight excluding hydrogens is 516 g/mol. The van der Waals surface area contributed by atoms with E-state index in [2.05, 4.69) is 55.4 Å². The van der Waals surface area contributed by atoms with Crippen LogP contribution in [0.2, 0.25) is 0 Å². The van der Waals surface area contributed by atoms with E-state index in [4.69, 9.17) is 14.2 Å². The van der Waals surface area contributed by atoms with Crippen LogP contribution in [0.25, 0.3) is 0 Å². The molecule has 5 saturated carbocycles. The van der Waals surface area contributed by atoms with Crippen LogP contribution in [0.1, 0.15) is 120 Å². The number of aliphatic hydroxyl groups excluding tert-OH is 2. The molecule has 0 unspecified atom stereocenters. The van der Waals surface area contributed by atoms with E-state index < -0.39 is 6.29 Å². The third-order valence-corrected chi connectivity index (χ3v) is 15.0. The first-order valence-electron chi connectivity index (χ1n) is 16.9. The highest BCUT2D eigenvalue weighted by atomic mass is 16.7. The smallest absolute Gasteiger partial charge is 0.306 e. The Balaban J connectivity index is 1.13. The van der Waals surface area contributed by atoms with Crippen molar-refractivity contribution >= 4 is 5.97 Å². The lowest BCUT2D eigenvalue weighted by molar-refractivity contribution is -0.246. The van der Waals surface area contributed by atoms with Gasteiger partial charge in [0.1, 0.15) is 12.2 Å². The third kappa shape index (κ3) is 3.66. The van der Waals surface area contributed by atoms with Gasteiger partial charge in [-0.2, -0.15) is 0 Å². The molecule has 5 aliphatic carbocycles. The van der Waals surface area contributed by atoms with Gasteiger partial charge in [0.2, 0.25) is 0 Å². The van der Waals surface area contributed by atoms with Crippen molar-refractivity contribution in [2.75, 3.05) is 0 Å². The van der Waals surface area contributed by atoms with Crippen LogP contribution in [-0.2, 0) is 19.0 Å². The largest absolute Gasteiger partial charge is 0.462 e. The van der Waals surface area contributed by atoms with Crippen molar-refractivity contribution in [3.05, 3.63) is 0 Å². The minimum absolute atomic E-state index is 0.00549. The van der Waals surface area contributed by atoms with Crippen LogP contribution in [0.5, 0.6) is 0 Å². The molecule has 6 heteroatoms. The van der Waals surface area contributed by atoms with Crippen molar-refractivity contribution in [1.29, 1.82) is 0 Å². The number of aliphatic hydroxyl groups is 2. The van der Waals surface area contributed by atoms with E-state index in [1.165, 1.54) is 19.3 Å². The Morgan fingerprint density at radius 2 is 1.66 bits per heavy atom. The van der Waals surface area contributed by atoms with Gasteiger partial charge in [-0.25, -0.2) is 0 Å². The molecule has 2 aliphatic heterocycles. The molecule has 0 amide bonds. The van der Waals surface area contributed by atoms with Crippen LogP contribution in [0, 0.1) is 56.7 Å². The maximum absolute atomic E-state index is 12.7. The van der Waals surface area contributed by atoms with Crippen molar-refractivity contribution in [3.63, 3.8) is 0 Å².